The monoisotopic (exact) mass is 228 g/mol. The van der Waals surface area contributed by atoms with Crippen LogP contribution in [0, 0.1) is 22.5 Å². The van der Waals surface area contributed by atoms with Crippen molar-refractivity contribution in [2.75, 3.05) is 0 Å². The fourth-order valence-corrected chi connectivity index (χ4v) is 1.66. The van der Waals surface area contributed by atoms with Gasteiger partial charge in [0.05, 0.1) is 17.0 Å². The van der Waals surface area contributed by atoms with Gasteiger partial charge < -0.3 is 0 Å². The van der Waals surface area contributed by atoms with Crippen LogP contribution in [-0.2, 0) is 6.54 Å². The van der Waals surface area contributed by atoms with Crippen LogP contribution >= 0.6 is 0 Å². The van der Waals surface area contributed by atoms with Gasteiger partial charge in [-0.05, 0) is 12.1 Å². The Labute approximate surface area is 96.5 Å². The molecule has 84 valence electrons. The molecule has 0 spiro atoms. The molecular formula is C12H8N2O3. The Morgan fingerprint density at radius 1 is 1.35 bits per heavy atom. The molecule has 0 unspecified atom stereocenters. The van der Waals surface area contributed by atoms with E-state index in [1.165, 1.54) is 28.8 Å². The number of hydrogen-bond acceptors (Lipinski definition) is 3. The van der Waals surface area contributed by atoms with E-state index in [9.17, 15) is 14.9 Å². The molecule has 0 radical (unpaired) electrons. The minimum Gasteiger partial charge on any atom is -0.297 e. The summed E-state index contributed by atoms with van der Waals surface area (Å²) in [7, 11) is 0. The van der Waals surface area contributed by atoms with Gasteiger partial charge in [0.1, 0.15) is 0 Å². The van der Waals surface area contributed by atoms with Crippen LogP contribution in [-0.4, -0.2) is 9.49 Å². The van der Waals surface area contributed by atoms with Crippen LogP contribution in [0.3, 0.4) is 0 Å². The number of hydrogen-bond donors (Lipinski definition) is 0. The third-order valence-electron chi connectivity index (χ3n) is 2.43. The second kappa shape index (κ2) is 4.10. The highest BCUT2D eigenvalue weighted by atomic mass is 16.6. The zero-order valence-electron chi connectivity index (χ0n) is 8.79. The summed E-state index contributed by atoms with van der Waals surface area (Å²) in [5.41, 5.74) is 0.369. The molecule has 2 aromatic rings. The number of aromatic nitrogens is 1. The van der Waals surface area contributed by atoms with Gasteiger partial charge in [0.2, 0.25) is 0 Å². The van der Waals surface area contributed by atoms with Crippen LogP contribution < -0.4 is 5.56 Å². The summed E-state index contributed by atoms with van der Waals surface area (Å²) in [5.74, 6) is 2.38. The van der Waals surface area contributed by atoms with Gasteiger partial charge in [-0.1, -0.05) is 5.92 Å². The number of fused-ring (bicyclic) bond motifs is 1. The van der Waals surface area contributed by atoms with Crippen LogP contribution in [0.25, 0.3) is 10.9 Å². The SMILES string of the molecule is C#CCn1c(=O)ccc2cc([N+](=O)[O-])ccc21. The summed E-state index contributed by atoms with van der Waals surface area (Å²) >= 11 is 0. The van der Waals surface area contributed by atoms with E-state index < -0.39 is 4.92 Å². The largest absolute Gasteiger partial charge is 0.297 e. The Balaban J connectivity index is 2.76. The third-order valence-corrected chi connectivity index (χ3v) is 2.43. The maximum atomic E-state index is 11.6. The highest BCUT2D eigenvalue weighted by molar-refractivity contribution is 5.81. The Bertz CT molecular complexity index is 695. The van der Waals surface area contributed by atoms with E-state index in [-0.39, 0.29) is 17.8 Å². The van der Waals surface area contributed by atoms with Crippen LogP contribution in [0.15, 0.2) is 35.1 Å². The first-order valence-electron chi connectivity index (χ1n) is 4.85. The maximum Gasteiger partial charge on any atom is 0.270 e. The number of pyridine rings is 1. The molecule has 0 amide bonds. The molecule has 0 fully saturated rings. The van der Waals surface area contributed by atoms with E-state index in [1.807, 2.05) is 0 Å². The van der Waals surface area contributed by atoms with E-state index in [2.05, 4.69) is 5.92 Å². The standard InChI is InChI=1S/C12H8N2O3/c1-2-7-13-11-5-4-10(14(16)17)8-9(11)3-6-12(13)15/h1,3-6,8H,7H2. The van der Waals surface area contributed by atoms with Crippen molar-refractivity contribution >= 4 is 16.6 Å². The van der Waals surface area contributed by atoms with E-state index in [4.69, 9.17) is 6.42 Å². The normalized spacial score (nSPS) is 10.1. The lowest BCUT2D eigenvalue weighted by molar-refractivity contribution is -0.384. The number of nitro benzene ring substituents is 1. The molecule has 0 N–H and O–H groups in total. The summed E-state index contributed by atoms with van der Waals surface area (Å²) in [6.45, 7) is 0.147. The lowest BCUT2D eigenvalue weighted by Crippen LogP contribution is -2.18. The molecule has 2 rings (SSSR count). The Morgan fingerprint density at radius 2 is 2.12 bits per heavy atom. The fraction of sp³-hybridized carbons (Fsp3) is 0.0833. The van der Waals surface area contributed by atoms with Crippen molar-refractivity contribution in [3.05, 3.63) is 50.8 Å². The highest BCUT2D eigenvalue weighted by Gasteiger charge is 2.08. The van der Waals surface area contributed by atoms with Gasteiger partial charge in [0.25, 0.3) is 11.2 Å². The Hall–Kier alpha value is -2.61. The number of terminal acetylenes is 1. The summed E-state index contributed by atoms with van der Waals surface area (Å²) in [6, 6.07) is 7.21. The average molecular weight is 228 g/mol. The first-order valence-corrected chi connectivity index (χ1v) is 4.85. The van der Waals surface area contributed by atoms with Crippen molar-refractivity contribution < 1.29 is 4.92 Å². The Morgan fingerprint density at radius 3 is 2.76 bits per heavy atom. The van der Waals surface area contributed by atoms with E-state index in [0.29, 0.717) is 10.9 Å². The molecule has 5 nitrogen and oxygen atoms in total. The second-order valence-electron chi connectivity index (χ2n) is 3.46. The quantitative estimate of drug-likeness (QED) is 0.445. The zero-order chi connectivity index (χ0) is 12.4. The molecule has 1 aromatic carbocycles. The van der Waals surface area contributed by atoms with Gasteiger partial charge in [-0.2, -0.15) is 0 Å². The van der Waals surface area contributed by atoms with Crippen molar-refractivity contribution in [2.45, 2.75) is 6.54 Å². The summed E-state index contributed by atoms with van der Waals surface area (Å²) in [5, 5.41) is 11.2. The number of benzene rings is 1. The maximum absolute atomic E-state index is 11.6. The molecule has 1 heterocycles. The number of rotatable bonds is 2. The topological polar surface area (TPSA) is 65.1 Å². The first kappa shape index (κ1) is 10.9. The van der Waals surface area contributed by atoms with Crippen molar-refractivity contribution in [1.29, 1.82) is 0 Å². The van der Waals surface area contributed by atoms with E-state index in [0.717, 1.165) is 0 Å². The van der Waals surface area contributed by atoms with Crippen molar-refractivity contribution in [2.24, 2.45) is 0 Å². The Kier molecular flexibility index (Phi) is 2.63. The van der Waals surface area contributed by atoms with Gasteiger partial charge in [0, 0.05) is 23.6 Å². The molecule has 0 aliphatic rings. The molecule has 0 aliphatic carbocycles. The molecule has 0 bridgehead atoms. The number of nitrogens with zero attached hydrogens (tertiary/aromatic N) is 2. The zero-order valence-corrected chi connectivity index (χ0v) is 8.79. The van der Waals surface area contributed by atoms with Crippen molar-refractivity contribution in [1.82, 2.24) is 4.57 Å². The van der Waals surface area contributed by atoms with Crippen LogP contribution in [0.4, 0.5) is 5.69 Å². The lowest BCUT2D eigenvalue weighted by atomic mass is 10.2. The highest BCUT2D eigenvalue weighted by Crippen LogP contribution is 2.19. The predicted octanol–water partition coefficient (Wildman–Crippen LogP) is 1.54. The summed E-state index contributed by atoms with van der Waals surface area (Å²) in [6.07, 6.45) is 5.18. The van der Waals surface area contributed by atoms with Gasteiger partial charge in [-0.25, -0.2) is 0 Å². The molecular weight excluding hydrogens is 220 g/mol. The minimum atomic E-state index is -0.476. The van der Waals surface area contributed by atoms with Crippen LogP contribution in [0.5, 0.6) is 0 Å². The van der Waals surface area contributed by atoms with Gasteiger partial charge >= 0.3 is 0 Å². The van der Waals surface area contributed by atoms with Gasteiger partial charge in [-0.3, -0.25) is 19.5 Å². The minimum absolute atomic E-state index is 0.0107. The van der Waals surface area contributed by atoms with Gasteiger partial charge in [-0.15, -0.1) is 6.42 Å². The molecule has 0 aliphatic heterocycles. The lowest BCUT2D eigenvalue weighted by Gasteiger charge is -2.06. The van der Waals surface area contributed by atoms with Gasteiger partial charge in [0.15, 0.2) is 0 Å². The second-order valence-corrected chi connectivity index (χ2v) is 3.46. The average Bonchev–Trinajstić information content (AvgIpc) is 2.32. The molecule has 17 heavy (non-hydrogen) atoms. The molecule has 5 heteroatoms. The molecule has 1 aromatic heterocycles. The van der Waals surface area contributed by atoms with Crippen molar-refractivity contribution in [3.8, 4) is 12.3 Å². The summed E-state index contributed by atoms with van der Waals surface area (Å²) < 4.78 is 1.40. The number of non-ortho nitro benzene ring substituents is 1. The summed E-state index contributed by atoms with van der Waals surface area (Å²) in [4.78, 5) is 21.7. The van der Waals surface area contributed by atoms with Crippen LogP contribution in [0.1, 0.15) is 0 Å². The van der Waals surface area contributed by atoms with E-state index in [1.54, 1.807) is 6.07 Å². The molecule has 0 saturated carbocycles. The van der Waals surface area contributed by atoms with Crippen molar-refractivity contribution in [3.63, 3.8) is 0 Å². The third kappa shape index (κ3) is 1.88. The predicted molar refractivity (Wildman–Crippen MR) is 63.7 cm³/mol. The first-order chi connectivity index (χ1) is 8.13. The number of nitro groups is 1. The molecule has 0 saturated heterocycles. The van der Waals surface area contributed by atoms with E-state index >= 15 is 0 Å². The smallest absolute Gasteiger partial charge is 0.270 e. The fourth-order valence-electron chi connectivity index (χ4n) is 1.66. The van der Waals surface area contributed by atoms with Crippen LogP contribution in [0.2, 0.25) is 0 Å². The molecule has 0 atom stereocenters.